The van der Waals surface area contributed by atoms with Crippen LogP contribution in [0, 0.1) is 5.92 Å². The summed E-state index contributed by atoms with van der Waals surface area (Å²) in [6, 6.07) is 0.703. The Labute approximate surface area is 150 Å². The van der Waals surface area contributed by atoms with Crippen LogP contribution in [0.15, 0.2) is 16.8 Å². The average Bonchev–Trinajstić information content (AvgIpc) is 3.06. The van der Waals surface area contributed by atoms with E-state index in [9.17, 15) is 19.2 Å². The molecule has 3 amide bonds. The van der Waals surface area contributed by atoms with E-state index in [4.69, 9.17) is 5.11 Å². The van der Waals surface area contributed by atoms with Crippen LogP contribution in [0.4, 0.5) is 0 Å². The summed E-state index contributed by atoms with van der Waals surface area (Å²) in [7, 11) is 0. The molecule has 138 valence electrons. The molecule has 8 nitrogen and oxygen atoms in total. The summed E-state index contributed by atoms with van der Waals surface area (Å²) in [5.41, 5.74) is 0.537. The Kier molecular flexibility index (Phi) is 8.62. The standard InChI is InChI=1S/C16H23N3O5S/c1-10(2)7-12(16(23)24)19-14(21)8-18-13(20)3-5-17-15(22)11-4-6-25-9-11/h4,6,9-10,12H,3,5,7-8H2,1-2H3,(H,17,22)(H,18,20)(H,19,21)(H,23,24)/t12-/m0/s1. The lowest BCUT2D eigenvalue weighted by atomic mass is 10.0. The largest absolute Gasteiger partial charge is 0.480 e. The Morgan fingerprint density at radius 2 is 1.88 bits per heavy atom. The first kappa shape index (κ1) is 20.6. The number of carboxylic acid groups (broad SMARTS) is 1. The van der Waals surface area contributed by atoms with Crippen molar-refractivity contribution >= 4 is 35.0 Å². The van der Waals surface area contributed by atoms with Gasteiger partial charge in [-0.05, 0) is 23.8 Å². The highest BCUT2D eigenvalue weighted by atomic mass is 32.1. The zero-order valence-electron chi connectivity index (χ0n) is 14.2. The smallest absolute Gasteiger partial charge is 0.326 e. The number of nitrogens with one attached hydrogen (secondary N) is 3. The lowest BCUT2D eigenvalue weighted by molar-refractivity contribution is -0.142. The molecule has 25 heavy (non-hydrogen) atoms. The number of aliphatic carboxylic acids is 1. The molecule has 0 aliphatic carbocycles. The molecule has 0 aliphatic rings. The van der Waals surface area contributed by atoms with Gasteiger partial charge in [-0.2, -0.15) is 11.3 Å². The van der Waals surface area contributed by atoms with E-state index < -0.39 is 23.8 Å². The number of carbonyl (C=O) groups is 4. The van der Waals surface area contributed by atoms with Crippen LogP contribution < -0.4 is 16.0 Å². The van der Waals surface area contributed by atoms with Crippen LogP contribution in [0.1, 0.15) is 37.0 Å². The van der Waals surface area contributed by atoms with Gasteiger partial charge in [0, 0.05) is 23.9 Å². The number of amides is 3. The number of thiophene rings is 1. The molecule has 0 radical (unpaired) electrons. The van der Waals surface area contributed by atoms with Crippen LogP contribution in [0.2, 0.25) is 0 Å². The first-order valence-corrected chi connectivity index (χ1v) is 8.83. The SMILES string of the molecule is CC(C)C[C@H](NC(=O)CNC(=O)CCNC(=O)c1ccsc1)C(=O)O. The molecule has 0 saturated heterocycles. The van der Waals surface area contributed by atoms with Gasteiger partial charge in [0.15, 0.2) is 0 Å². The normalized spacial score (nSPS) is 11.6. The van der Waals surface area contributed by atoms with Crippen LogP contribution in [-0.4, -0.2) is 47.9 Å². The Balaban J connectivity index is 2.25. The summed E-state index contributed by atoms with van der Waals surface area (Å²) in [6.45, 7) is 3.55. The molecule has 9 heteroatoms. The lowest BCUT2D eigenvalue weighted by Crippen LogP contribution is -2.46. The number of carbonyl (C=O) groups excluding carboxylic acids is 3. The second-order valence-electron chi connectivity index (χ2n) is 5.88. The van der Waals surface area contributed by atoms with Crippen molar-refractivity contribution in [1.82, 2.24) is 16.0 Å². The summed E-state index contributed by atoms with van der Waals surface area (Å²) in [5, 5.41) is 19.9. The highest BCUT2D eigenvalue weighted by molar-refractivity contribution is 7.08. The molecule has 1 atom stereocenters. The number of rotatable bonds is 10. The zero-order chi connectivity index (χ0) is 18.8. The van der Waals surface area contributed by atoms with Crippen molar-refractivity contribution in [3.63, 3.8) is 0 Å². The van der Waals surface area contributed by atoms with Gasteiger partial charge < -0.3 is 21.1 Å². The van der Waals surface area contributed by atoms with Crippen molar-refractivity contribution in [3.8, 4) is 0 Å². The van der Waals surface area contributed by atoms with E-state index in [2.05, 4.69) is 16.0 Å². The van der Waals surface area contributed by atoms with Gasteiger partial charge in [-0.15, -0.1) is 0 Å². The van der Waals surface area contributed by atoms with Crippen molar-refractivity contribution in [2.75, 3.05) is 13.1 Å². The van der Waals surface area contributed by atoms with E-state index in [-0.39, 0.29) is 31.3 Å². The monoisotopic (exact) mass is 369 g/mol. The van der Waals surface area contributed by atoms with Gasteiger partial charge in [-0.25, -0.2) is 4.79 Å². The molecule has 1 rings (SSSR count). The first-order chi connectivity index (χ1) is 11.8. The predicted octanol–water partition coefficient (Wildman–Crippen LogP) is 0.600. The van der Waals surface area contributed by atoms with Crippen LogP contribution >= 0.6 is 11.3 Å². The molecule has 4 N–H and O–H groups in total. The minimum Gasteiger partial charge on any atom is -0.480 e. The fourth-order valence-electron chi connectivity index (χ4n) is 1.99. The maximum absolute atomic E-state index is 11.7. The molecular formula is C16H23N3O5S. The van der Waals surface area contributed by atoms with E-state index in [0.29, 0.717) is 12.0 Å². The molecule has 1 heterocycles. The summed E-state index contributed by atoms with van der Waals surface area (Å²) in [4.78, 5) is 46.1. The third-order valence-electron chi connectivity index (χ3n) is 3.21. The minimum atomic E-state index is -1.11. The minimum absolute atomic E-state index is 0.0253. The van der Waals surface area contributed by atoms with Gasteiger partial charge in [-0.3, -0.25) is 14.4 Å². The molecule has 0 bridgehead atoms. The third-order valence-corrected chi connectivity index (χ3v) is 3.89. The van der Waals surface area contributed by atoms with Gasteiger partial charge in [0.2, 0.25) is 11.8 Å². The highest BCUT2D eigenvalue weighted by Crippen LogP contribution is 2.05. The molecule has 0 fully saturated rings. The Bertz CT molecular complexity index is 601. The van der Waals surface area contributed by atoms with Crippen molar-refractivity contribution < 1.29 is 24.3 Å². The van der Waals surface area contributed by atoms with Crippen molar-refractivity contribution in [3.05, 3.63) is 22.4 Å². The van der Waals surface area contributed by atoms with Gasteiger partial charge in [0.1, 0.15) is 6.04 Å². The second kappa shape index (κ2) is 10.4. The number of carboxylic acids is 1. The van der Waals surface area contributed by atoms with Crippen LogP contribution in [0.25, 0.3) is 0 Å². The van der Waals surface area contributed by atoms with Gasteiger partial charge in [-0.1, -0.05) is 13.8 Å². The molecule has 0 aromatic carbocycles. The van der Waals surface area contributed by atoms with Crippen molar-refractivity contribution in [2.45, 2.75) is 32.7 Å². The predicted molar refractivity (Wildman–Crippen MR) is 93.3 cm³/mol. The zero-order valence-corrected chi connectivity index (χ0v) is 15.0. The maximum atomic E-state index is 11.7. The quantitative estimate of drug-likeness (QED) is 0.481. The highest BCUT2D eigenvalue weighted by Gasteiger charge is 2.21. The number of hydrogen-bond donors (Lipinski definition) is 4. The summed E-state index contributed by atoms with van der Waals surface area (Å²) >= 11 is 1.40. The van der Waals surface area contributed by atoms with E-state index in [1.54, 1.807) is 16.8 Å². The average molecular weight is 369 g/mol. The molecule has 1 aromatic rings. The Hall–Kier alpha value is -2.42. The molecule has 0 saturated carbocycles. The Morgan fingerprint density at radius 3 is 2.44 bits per heavy atom. The van der Waals surface area contributed by atoms with Gasteiger partial charge in [0.05, 0.1) is 6.54 Å². The second-order valence-corrected chi connectivity index (χ2v) is 6.66. The number of hydrogen-bond acceptors (Lipinski definition) is 5. The van der Waals surface area contributed by atoms with Crippen LogP contribution in [0.5, 0.6) is 0 Å². The van der Waals surface area contributed by atoms with E-state index >= 15 is 0 Å². The Morgan fingerprint density at radius 1 is 1.16 bits per heavy atom. The maximum Gasteiger partial charge on any atom is 0.326 e. The summed E-state index contributed by atoms with van der Waals surface area (Å²) in [6.07, 6.45) is 0.334. The topological polar surface area (TPSA) is 125 Å². The van der Waals surface area contributed by atoms with Crippen LogP contribution in [-0.2, 0) is 14.4 Å². The lowest BCUT2D eigenvalue weighted by Gasteiger charge is -2.16. The molecule has 0 aliphatic heterocycles. The summed E-state index contributed by atoms with van der Waals surface area (Å²) in [5.74, 6) is -2.22. The van der Waals surface area contributed by atoms with E-state index in [0.717, 1.165) is 0 Å². The fourth-order valence-corrected chi connectivity index (χ4v) is 2.63. The van der Waals surface area contributed by atoms with Crippen molar-refractivity contribution in [1.29, 1.82) is 0 Å². The summed E-state index contributed by atoms with van der Waals surface area (Å²) < 4.78 is 0. The van der Waals surface area contributed by atoms with Crippen molar-refractivity contribution in [2.24, 2.45) is 5.92 Å². The molecule has 1 aromatic heterocycles. The van der Waals surface area contributed by atoms with Crippen LogP contribution in [0.3, 0.4) is 0 Å². The van der Waals surface area contributed by atoms with E-state index in [1.807, 2.05) is 13.8 Å². The first-order valence-electron chi connectivity index (χ1n) is 7.88. The fraction of sp³-hybridized carbons (Fsp3) is 0.500. The third kappa shape index (κ3) is 8.30. The van der Waals surface area contributed by atoms with E-state index in [1.165, 1.54) is 11.3 Å². The van der Waals surface area contributed by atoms with Gasteiger partial charge >= 0.3 is 5.97 Å². The molecule has 0 spiro atoms. The molecular weight excluding hydrogens is 346 g/mol. The molecule has 0 unspecified atom stereocenters. The van der Waals surface area contributed by atoms with Gasteiger partial charge in [0.25, 0.3) is 5.91 Å².